The molecule has 5 heteroatoms. The van der Waals surface area contributed by atoms with Gasteiger partial charge in [0.2, 0.25) is 5.91 Å². The van der Waals surface area contributed by atoms with E-state index in [-0.39, 0.29) is 23.7 Å². The Morgan fingerprint density at radius 3 is 2.72 bits per heavy atom. The van der Waals surface area contributed by atoms with Crippen molar-refractivity contribution in [2.24, 2.45) is 5.73 Å². The smallest absolute Gasteiger partial charge is 0.230 e. The molecule has 0 heterocycles. The van der Waals surface area contributed by atoms with Crippen LogP contribution in [-0.2, 0) is 10.2 Å². The summed E-state index contributed by atoms with van der Waals surface area (Å²) >= 11 is 5.96. The van der Waals surface area contributed by atoms with Crippen LogP contribution in [0.2, 0.25) is 5.02 Å². The second-order valence-electron chi connectivity index (χ2n) is 4.49. The average Bonchev–Trinajstić information content (AvgIpc) is 3.10. The van der Waals surface area contributed by atoms with Gasteiger partial charge in [0.15, 0.2) is 0 Å². The maximum atomic E-state index is 12.1. The summed E-state index contributed by atoms with van der Waals surface area (Å²) in [6.07, 6.45) is 2.63. The third-order valence-electron chi connectivity index (χ3n) is 3.23. The predicted molar refractivity (Wildman–Crippen MR) is 76.3 cm³/mol. The van der Waals surface area contributed by atoms with E-state index >= 15 is 0 Å². The lowest BCUT2D eigenvalue weighted by atomic mass is 9.95. The number of hydrogen-bond acceptors (Lipinski definition) is 2. The lowest BCUT2D eigenvalue weighted by molar-refractivity contribution is -0.123. The summed E-state index contributed by atoms with van der Waals surface area (Å²) in [5, 5.41) is 3.63. The van der Waals surface area contributed by atoms with Gasteiger partial charge in [0.25, 0.3) is 0 Å². The number of hydrogen-bond donors (Lipinski definition) is 2. The van der Waals surface area contributed by atoms with E-state index in [1.807, 2.05) is 24.3 Å². The highest BCUT2D eigenvalue weighted by Gasteiger charge is 2.51. The first-order valence-electron chi connectivity index (χ1n) is 5.93. The molecule has 0 bridgehead atoms. The number of halogens is 2. The minimum absolute atomic E-state index is 0. The highest BCUT2D eigenvalue weighted by Crippen LogP contribution is 2.48. The Balaban J connectivity index is 0.00000162. The molecule has 0 radical (unpaired) electrons. The topological polar surface area (TPSA) is 55.1 Å². The molecule has 2 rings (SSSR count). The quantitative estimate of drug-likeness (QED) is 0.817. The number of nitrogens with one attached hydrogen (secondary N) is 1. The van der Waals surface area contributed by atoms with Crippen LogP contribution in [0.3, 0.4) is 0 Å². The lowest BCUT2D eigenvalue weighted by Crippen LogP contribution is -2.35. The molecule has 1 aromatic rings. The van der Waals surface area contributed by atoms with E-state index in [2.05, 4.69) is 5.32 Å². The van der Waals surface area contributed by atoms with E-state index in [0.717, 1.165) is 24.8 Å². The van der Waals surface area contributed by atoms with Gasteiger partial charge in [-0.3, -0.25) is 4.79 Å². The largest absolute Gasteiger partial charge is 0.355 e. The molecule has 0 aromatic heterocycles. The molecule has 18 heavy (non-hydrogen) atoms. The zero-order chi connectivity index (χ0) is 12.3. The van der Waals surface area contributed by atoms with Crippen LogP contribution in [0.15, 0.2) is 24.3 Å². The third kappa shape index (κ3) is 3.16. The third-order valence-corrected chi connectivity index (χ3v) is 3.46. The molecule has 3 nitrogen and oxygen atoms in total. The molecule has 100 valence electrons. The van der Waals surface area contributed by atoms with Crippen molar-refractivity contribution in [2.45, 2.75) is 24.7 Å². The van der Waals surface area contributed by atoms with Gasteiger partial charge in [-0.2, -0.15) is 0 Å². The van der Waals surface area contributed by atoms with E-state index in [9.17, 15) is 4.79 Å². The van der Waals surface area contributed by atoms with E-state index in [1.54, 1.807) is 0 Å². The van der Waals surface area contributed by atoms with E-state index < -0.39 is 0 Å². The molecule has 1 aliphatic carbocycles. The Kier molecular flexibility index (Phi) is 5.45. The van der Waals surface area contributed by atoms with Crippen molar-refractivity contribution in [3.8, 4) is 0 Å². The summed E-state index contributed by atoms with van der Waals surface area (Å²) in [7, 11) is 0. The fraction of sp³-hybridized carbons (Fsp3) is 0.462. The molecule has 1 aliphatic rings. The Hall–Kier alpha value is -0.770. The summed E-state index contributed by atoms with van der Waals surface area (Å²) in [4.78, 5) is 12.1. The van der Waals surface area contributed by atoms with Gasteiger partial charge in [-0.1, -0.05) is 23.7 Å². The maximum absolute atomic E-state index is 12.1. The van der Waals surface area contributed by atoms with Crippen LogP contribution >= 0.6 is 24.0 Å². The Morgan fingerprint density at radius 1 is 1.44 bits per heavy atom. The Bertz CT molecular complexity index is 419. The molecule has 1 aromatic carbocycles. The summed E-state index contributed by atoms with van der Waals surface area (Å²) in [5.74, 6) is 0.105. The second kappa shape index (κ2) is 6.41. The minimum atomic E-state index is -0.334. The van der Waals surface area contributed by atoms with E-state index in [1.165, 1.54) is 0 Å². The summed E-state index contributed by atoms with van der Waals surface area (Å²) in [5.41, 5.74) is 6.09. The molecule has 0 unspecified atom stereocenters. The van der Waals surface area contributed by atoms with Crippen molar-refractivity contribution in [1.82, 2.24) is 5.32 Å². The van der Waals surface area contributed by atoms with Gasteiger partial charge in [0, 0.05) is 11.6 Å². The maximum Gasteiger partial charge on any atom is 0.230 e. The van der Waals surface area contributed by atoms with Crippen LogP contribution in [0, 0.1) is 0 Å². The predicted octanol–water partition coefficient (Wildman–Crippen LogP) is 2.26. The summed E-state index contributed by atoms with van der Waals surface area (Å²) in [6.45, 7) is 1.25. The Morgan fingerprint density at radius 2 is 2.17 bits per heavy atom. The zero-order valence-electron chi connectivity index (χ0n) is 10.1. The first-order valence-corrected chi connectivity index (χ1v) is 6.31. The van der Waals surface area contributed by atoms with Gasteiger partial charge in [0.1, 0.15) is 0 Å². The summed E-state index contributed by atoms with van der Waals surface area (Å²) in [6, 6.07) is 7.58. The standard InChI is InChI=1S/C13H17ClN2O.ClH/c14-11-4-1-3-10(9-11)13(5-6-13)12(17)16-8-2-7-15;/h1,3-4,9H,2,5-8,15H2,(H,16,17);1H. The highest BCUT2D eigenvalue weighted by atomic mass is 35.5. The van der Waals surface area contributed by atoms with Crippen LogP contribution in [-0.4, -0.2) is 19.0 Å². The van der Waals surface area contributed by atoms with Gasteiger partial charge in [-0.15, -0.1) is 12.4 Å². The SMILES string of the molecule is Cl.NCCCNC(=O)C1(c2cccc(Cl)c2)CC1. The lowest BCUT2D eigenvalue weighted by Gasteiger charge is -2.15. The monoisotopic (exact) mass is 288 g/mol. The molecule has 1 fully saturated rings. The van der Waals surface area contributed by atoms with Crippen molar-refractivity contribution in [1.29, 1.82) is 0 Å². The number of carbonyl (C=O) groups excluding carboxylic acids is 1. The Labute approximate surface area is 118 Å². The second-order valence-corrected chi connectivity index (χ2v) is 4.93. The molecule has 3 N–H and O–H groups in total. The fourth-order valence-electron chi connectivity index (χ4n) is 2.03. The fourth-order valence-corrected chi connectivity index (χ4v) is 2.22. The molecule has 1 saturated carbocycles. The van der Waals surface area contributed by atoms with Crippen LogP contribution in [0.4, 0.5) is 0 Å². The number of rotatable bonds is 5. The van der Waals surface area contributed by atoms with Crippen LogP contribution in [0.1, 0.15) is 24.8 Å². The number of carbonyl (C=O) groups is 1. The number of benzene rings is 1. The average molecular weight is 289 g/mol. The molecule has 0 saturated heterocycles. The number of amides is 1. The minimum Gasteiger partial charge on any atom is -0.355 e. The highest BCUT2D eigenvalue weighted by molar-refractivity contribution is 6.30. The van der Waals surface area contributed by atoms with Gasteiger partial charge >= 0.3 is 0 Å². The zero-order valence-corrected chi connectivity index (χ0v) is 11.7. The van der Waals surface area contributed by atoms with Crippen LogP contribution < -0.4 is 11.1 Å². The normalized spacial score (nSPS) is 15.7. The molecular formula is C13H18Cl2N2O. The van der Waals surface area contributed by atoms with Crippen molar-refractivity contribution in [3.63, 3.8) is 0 Å². The van der Waals surface area contributed by atoms with Crippen molar-refractivity contribution >= 4 is 29.9 Å². The molecule has 0 spiro atoms. The molecule has 0 aliphatic heterocycles. The van der Waals surface area contributed by atoms with Crippen LogP contribution in [0.5, 0.6) is 0 Å². The first kappa shape index (κ1) is 15.3. The van der Waals surface area contributed by atoms with Gasteiger partial charge in [-0.05, 0) is 43.5 Å². The van der Waals surface area contributed by atoms with E-state index in [0.29, 0.717) is 18.1 Å². The van der Waals surface area contributed by atoms with E-state index in [4.69, 9.17) is 17.3 Å². The van der Waals surface area contributed by atoms with Gasteiger partial charge in [0.05, 0.1) is 5.41 Å². The summed E-state index contributed by atoms with van der Waals surface area (Å²) < 4.78 is 0. The van der Waals surface area contributed by atoms with Crippen molar-refractivity contribution < 1.29 is 4.79 Å². The van der Waals surface area contributed by atoms with Gasteiger partial charge in [-0.25, -0.2) is 0 Å². The first-order chi connectivity index (χ1) is 8.19. The number of nitrogens with two attached hydrogens (primary N) is 1. The van der Waals surface area contributed by atoms with Gasteiger partial charge < -0.3 is 11.1 Å². The van der Waals surface area contributed by atoms with Crippen molar-refractivity contribution in [2.75, 3.05) is 13.1 Å². The van der Waals surface area contributed by atoms with Crippen molar-refractivity contribution in [3.05, 3.63) is 34.9 Å². The van der Waals surface area contributed by atoms with Crippen LogP contribution in [0.25, 0.3) is 0 Å². The molecular weight excluding hydrogens is 271 g/mol. The molecule has 1 amide bonds. The molecule has 0 atom stereocenters.